The van der Waals surface area contributed by atoms with Crippen LogP contribution in [0.1, 0.15) is 16.7 Å². The van der Waals surface area contributed by atoms with Gasteiger partial charge >= 0.3 is 5.97 Å². The Hall–Kier alpha value is -2.99. The highest BCUT2D eigenvalue weighted by Crippen LogP contribution is 2.37. The van der Waals surface area contributed by atoms with Crippen molar-refractivity contribution < 1.29 is 19.0 Å². The van der Waals surface area contributed by atoms with Gasteiger partial charge in [0.2, 0.25) is 5.90 Å². The molecule has 1 aliphatic heterocycles. The quantitative estimate of drug-likeness (QED) is 0.269. The number of rotatable bonds is 7. The van der Waals surface area contributed by atoms with Gasteiger partial charge in [-0.1, -0.05) is 65.1 Å². The molecule has 0 aromatic heterocycles. The summed E-state index contributed by atoms with van der Waals surface area (Å²) in [6.45, 7) is 0.435. The Kier molecular flexibility index (Phi) is 7.23. The lowest BCUT2D eigenvalue weighted by molar-refractivity contribution is -0.129. The summed E-state index contributed by atoms with van der Waals surface area (Å²) in [6.07, 6.45) is 2.29. The molecule has 168 valence electrons. The predicted octanol–water partition coefficient (Wildman–Crippen LogP) is 6.62. The van der Waals surface area contributed by atoms with E-state index in [0.717, 1.165) is 12.0 Å². The number of ether oxygens (including phenoxy) is 3. The molecule has 0 spiro atoms. The van der Waals surface area contributed by atoms with Crippen molar-refractivity contribution in [2.45, 2.75) is 6.42 Å². The monoisotopic (exact) mass is 501 g/mol. The first kappa shape index (κ1) is 23.2. The zero-order chi connectivity index (χ0) is 23.4. The molecule has 0 fully saturated rings. The molecule has 3 aromatic carbocycles. The smallest absolute Gasteiger partial charge is 0.363 e. The van der Waals surface area contributed by atoms with Crippen LogP contribution in [0.25, 0.3) is 6.08 Å². The number of esters is 1. The highest BCUT2D eigenvalue weighted by atomic mass is 35.5. The van der Waals surface area contributed by atoms with Gasteiger partial charge in [0.05, 0.1) is 28.8 Å². The van der Waals surface area contributed by atoms with E-state index in [1.54, 1.807) is 36.4 Å². The van der Waals surface area contributed by atoms with Gasteiger partial charge in [0.15, 0.2) is 17.2 Å². The standard InChI is InChI=1S/C25H18Cl3NO4/c1-31-22-13-16(11-20(28)23(22)32-10-9-15-5-3-2-4-6-15)12-21-25(30)33-24(29-21)17-7-8-18(26)19(27)14-17/h2-8,11-14H,9-10H2,1H3/b21-12-. The fourth-order valence-corrected chi connectivity index (χ4v) is 3.77. The molecular weight excluding hydrogens is 485 g/mol. The second-order valence-electron chi connectivity index (χ2n) is 7.08. The molecule has 3 aromatic rings. The topological polar surface area (TPSA) is 57.1 Å². The number of nitrogens with zero attached hydrogens (tertiary/aromatic N) is 1. The number of methoxy groups -OCH3 is 1. The van der Waals surface area contributed by atoms with E-state index in [1.165, 1.54) is 7.11 Å². The van der Waals surface area contributed by atoms with Crippen LogP contribution < -0.4 is 9.47 Å². The van der Waals surface area contributed by atoms with Crippen LogP contribution in [0.2, 0.25) is 15.1 Å². The first-order chi connectivity index (χ1) is 15.9. The van der Waals surface area contributed by atoms with Crippen LogP contribution in [-0.2, 0) is 16.0 Å². The number of carbonyl (C=O) groups is 1. The second-order valence-corrected chi connectivity index (χ2v) is 8.30. The summed E-state index contributed by atoms with van der Waals surface area (Å²) in [5, 5.41) is 1.09. The van der Waals surface area contributed by atoms with Gasteiger partial charge in [-0.05, 0) is 47.5 Å². The molecule has 0 atom stereocenters. The zero-order valence-corrected chi connectivity index (χ0v) is 19.7. The van der Waals surface area contributed by atoms with Crippen LogP contribution in [0.4, 0.5) is 0 Å². The minimum absolute atomic E-state index is 0.118. The van der Waals surface area contributed by atoms with Crippen LogP contribution >= 0.6 is 34.8 Å². The minimum atomic E-state index is -0.589. The first-order valence-corrected chi connectivity index (χ1v) is 11.1. The first-order valence-electron chi connectivity index (χ1n) is 9.97. The molecule has 1 heterocycles. The number of hydrogen-bond acceptors (Lipinski definition) is 5. The van der Waals surface area contributed by atoms with E-state index in [9.17, 15) is 4.79 Å². The van der Waals surface area contributed by atoms with Gasteiger partial charge in [0.25, 0.3) is 0 Å². The van der Waals surface area contributed by atoms with Gasteiger partial charge in [0.1, 0.15) is 0 Å². The molecule has 0 saturated carbocycles. The van der Waals surface area contributed by atoms with Gasteiger partial charge in [-0.15, -0.1) is 0 Å². The van der Waals surface area contributed by atoms with Crippen LogP contribution in [-0.4, -0.2) is 25.6 Å². The van der Waals surface area contributed by atoms with Crippen LogP contribution in [0.15, 0.2) is 71.4 Å². The van der Waals surface area contributed by atoms with E-state index in [-0.39, 0.29) is 11.6 Å². The molecular formula is C25H18Cl3NO4. The van der Waals surface area contributed by atoms with Gasteiger partial charge < -0.3 is 14.2 Å². The Labute approximate surface area is 206 Å². The highest BCUT2D eigenvalue weighted by molar-refractivity contribution is 6.42. The summed E-state index contributed by atoms with van der Waals surface area (Å²) >= 11 is 18.5. The average Bonchev–Trinajstić information content (AvgIpc) is 3.17. The number of cyclic esters (lactones) is 1. The number of benzene rings is 3. The van der Waals surface area contributed by atoms with Crippen molar-refractivity contribution in [1.29, 1.82) is 0 Å². The van der Waals surface area contributed by atoms with E-state index in [0.29, 0.717) is 44.3 Å². The van der Waals surface area contributed by atoms with E-state index in [4.69, 9.17) is 49.0 Å². The third-order valence-electron chi connectivity index (χ3n) is 4.82. The maximum Gasteiger partial charge on any atom is 0.363 e. The van der Waals surface area contributed by atoms with Crippen molar-refractivity contribution >= 4 is 52.7 Å². The Morgan fingerprint density at radius 1 is 0.970 bits per heavy atom. The van der Waals surface area contributed by atoms with Crippen LogP contribution in [0.3, 0.4) is 0 Å². The zero-order valence-electron chi connectivity index (χ0n) is 17.5. The van der Waals surface area contributed by atoms with Crippen molar-refractivity contribution in [2.24, 2.45) is 4.99 Å². The predicted molar refractivity (Wildman–Crippen MR) is 131 cm³/mol. The second kappa shape index (κ2) is 10.3. The number of carbonyl (C=O) groups excluding carboxylic acids is 1. The largest absolute Gasteiger partial charge is 0.493 e. The molecule has 0 saturated heterocycles. The molecule has 1 aliphatic rings. The van der Waals surface area contributed by atoms with Gasteiger partial charge in [0, 0.05) is 12.0 Å². The summed E-state index contributed by atoms with van der Waals surface area (Å²) in [5.74, 6) is 0.437. The Bertz CT molecular complexity index is 1260. The normalized spacial score (nSPS) is 14.2. The lowest BCUT2D eigenvalue weighted by atomic mass is 10.1. The lowest BCUT2D eigenvalue weighted by Gasteiger charge is -2.13. The summed E-state index contributed by atoms with van der Waals surface area (Å²) in [4.78, 5) is 16.6. The van der Waals surface area contributed by atoms with E-state index in [1.807, 2.05) is 30.3 Å². The maximum absolute atomic E-state index is 12.3. The molecule has 8 heteroatoms. The molecule has 0 aliphatic carbocycles. The molecule has 0 amide bonds. The van der Waals surface area contributed by atoms with Crippen molar-refractivity contribution in [2.75, 3.05) is 13.7 Å². The van der Waals surface area contributed by atoms with Gasteiger partial charge in [-0.3, -0.25) is 0 Å². The molecule has 0 bridgehead atoms. The molecule has 33 heavy (non-hydrogen) atoms. The third kappa shape index (κ3) is 5.50. The lowest BCUT2D eigenvalue weighted by Crippen LogP contribution is -2.05. The van der Waals surface area contributed by atoms with Gasteiger partial charge in [-0.2, -0.15) is 0 Å². The maximum atomic E-state index is 12.3. The summed E-state index contributed by atoms with van der Waals surface area (Å²) < 4.78 is 16.6. The fourth-order valence-electron chi connectivity index (χ4n) is 3.20. The van der Waals surface area contributed by atoms with Crippen molar-refractivity contribution in [3.63, 3.8) is 0 Å². The number of hydrogen-bond donors (Lipinski definition) is 0. The molecule has 5 nitrogen and oxygen atoms in total. The SMILES string of the molecule is COc1cc(/C=C2\N=C(c3ccc(Cl)c(Cl)c3)OC2=O)cc(Cl)c1OCCc1ccccc1. The van der Waals surface area contributed by atoms with E-state index < -0.39 is 5.97 Å². The average molecular weight is 503 g/mol. The Balaban J connectivity index is 1.55. The van der Waals surface area contributed by atoms with E-state index >= 15 is 0 Å². The summed E-state index contributed by atoms with van der Waals surface area (Å²) in [5.41, 5.74) is 2.42. The van der Waals surface area contributed by atoms with Crippen molar-refractivity contribution in [3.8, 4) is 11.5 Å². The number of aliphatic imine (C=N–C) groups is 1. The molecule has 0 N–H and O–H groups in total. The number of halogens is 3. The third-order valence-corrected chi connectivity index (χ3v) is 5.84. The Morgan fingerprint density at radius 2 is 1.76 bits per heavy atom. The van der Waals surface area contributed by atoms with E-state index in [2.05, 4.69) is 4.99 Å². The van der Waals surface area contributed by atoms with Crippen molar-refractivity contribution in [3.05, 3.63) is 98.1 Å². The van der Waals surface area contributed by atoms with Gasteiger partial charge in [-0.25, -0.2) is 9.79 Å². The molecule has 4 rings (SSSR count). The summed E-state index contributed by atoms with van der Waals surface area (Å²) in [6, 6.07) is 18.3. The van der Waals surface area contributed by atoms with Crippen LogP contribution in [0, 0.1) is 0 Å². The summed E-state index contributed by atoms with van der Waals surface area (Å²) in [7, 11) is 1.52. The molecule has 0 radical (unpaired) electrons. The highest BCUT2D eigenvalue weighted by Gasteiger charge is 2.25. The van der Waals surface area contributed by atoms with Crippen LogP contribution in [0.5, 0.6) is 11.5 Å². The minimum Gasteiger partial charge on any atom is -0.493 e. The van der Waals surface area contributed by atoms with Crippen molar-refractivity contribution in [1.82, 2.24) is 0 Å². The molecule has 0 unspecified atom stereocenters. The fraction of sp³-hybridized carbons (Fsp3) is 0.120. The Morgan fingerprint density at radius 3 is 2.48 bits per heavy atom.